The van der Waals surface area contributed by atoms with Crippen molar-refractivity contribution in [1.29, 1.82) is 0 Å². The van der Waals surface area contributed by atoms with Gasteiger partial charge in [-0.3, -0.25) is 0 Å². The Bertz CT molecular complexity index is 713. The molecule has 3 rings (SSSR count). The Labute approximate surface area is 111 Å². The average molecular weight is 308 g/mol. The highest BCUT2D eigenvalue weighted by Crippen LogP contribution is 2.31. The molecule has 0 spiro atoms. The van der Waals surface area contributed by atoms with Crippen molar-refractivity contribution in [2.75, 3.05) is 0 Å². The van der Waals surface area contributed by atoms with Crippen molar-refractivity contribution in [3.8, 4) is 11.1 Å². The Morgan fingerprint density at radius 1 is 1.00 bits per heavy atom. The first kappa shape index (κ1) is 11.4. The third-order valence-electron chi connectivity index (χ3n) is 2.88. The summed E-state index contributed by atoms with van der Waals surface area (Å²) in [6, 6.07) is 9.15. The first-order chi connectivity index (χ1) is 8.66. The fourth-order valence-electron chi connectivity index (χ4n) is 2.02. The molecule has 1 nitrogen and oxygen atoms in total. The Morgan fingerprint density at radius 2 is 1.72 bits per heavy atom. The van der Waals surface area contributed by atoms with E-state index < -0.39 is 11.6 Å². The summed E-state index contributed by atoms with van der Waals surface area (Å²) in [5.74, 6) is -1.11. The number of rotatable bonds is 1. The van der Waals surface area contributed by atoms with Crippen LogP contribution in [-0.2, 0) is 0 Å². The summed E-state index contributed by atoms with van der Waals surface area (Å²) < 4.78 is 28.3. The van der Waals surface area contributed by atoms with Crippen LogP contribution in [0.15, 0.2) is 47.1 Å². The molecule has 18 heavy (non-hydrogen) atoms. The molecule has 0 saturated heterocycles. The van der Waals surface area contributed by atoms with Crippen LogP contribution in [0.5, 0.6) is 0 Å². The van der Waals surface area contributed by atoms with Gasteiger partial charge in [-0.05, 0) is 45.8 Å². The van der Waals surface area contributed by atoms with Crippen molar-refractivity contribution >= 4 is 26.8 Å². The molecule has 0 unspecified atom stereocenters. The fourth-order valence-corrected chi connectivity index (χ4v) is 2.46. The maximum Gasteiger partial charge on any atom is 0.133 e. The highest BCUT2D eigenvalue weighted by Gasteiger charge is 2.12. The molecule has 3 aromatic rings. The number of fused-ring (bicyclic) bond motifs is 1. The van der Waals surface area contributed by atoms with Gasteiger partial charge in [0.1, 0.15) is 11.6 Å². The first-order valence-corrected chi connectivity index (χ1v) is 6.17. The van der Waals surface area contributed by atoms with Crippen LogP contribution in [0, 0.1) is 11.6 Å². The van der Waals surface area contributed by atoms with Crippen LogP contribution in [0.2, 0.25) is 0 Å². The Balaban J connectivity index is 2.28. The SMILES string of the molecule is Fc1cccc(F)c1-c1ccc2[nH]cc(Br)c2c1. The molecule has 0 amide bonds. The second kappa shape index (κ2) is 4.21. The van der Waals surface area contributed by atoms with Crippen LogP contribution in [0.1, 0.15) is 0 Å². The molecule has 0 radical (unpaired) electrons. The predicted molar refractivity (Wildman–Crippen MR) is 71.4 cm³/mol. The number of benzene rings is 2. The first-order valence-electron chi connectivity index (χ1n) is 5.38. The van der Waals surface area contributed by atoms with E-state index in [2.05, 4.69) is 20.9 Å². The number of H-pyrrole nitrogens is 1. The largest absolute Gasteiger partial charge is 0.360 e. The van der Waals surface area contributed by atoms with Crippen molar-refractivity contribution in [2.24, 2.45) is 0 Å². The van der Waals surface area contributed by atoms with Crippen LogP contribution in [0.25, 0.3) is 22.0 Å². The van der Waals surface area contributed by atoms with Crippen LogP contribution in [-0.4, -0.2) is 4.98 Å². The molecule has 0 atom stereocenters. The second-order valence-electron chi connectivity index (χ2n) is 3.99. The zero-order valence-electron chi connectivity index (χ0n) is 9.18. The van der Waals surface area contributed by atoms with Gasteiger partial charge in [-0.2, -0.15) is 0 Å². The topological polar surface area (TPSA) is 15.8 Å². The lowest BCUT2D eigenvalue weighted by atomic mass is 10.0. The lowest BCUT2D eigenvalue weighted by molar-refractivity contribution is 0.589. The molecule has 0 aliphatic heterocycles. The Hall–Kier alpha value is -1.68. The summed E-state index contributed by atoms with van der Waals surface area (Å²) >= 11 is 3.39. The molecular weight excluding hydrogens is 300 g/mol. The van der Waals surface area contributed by atoms with Crippen molar-refractivity contribution in [1.82, 2.24) is 4.98 Å². The van der Waals surface area contributed by atoms with Crippen molar-refractivity contribution < 1.29 is 8.78 Å². The Kier molecular flexibility index (Phi) is 2.67. The van der Waals surface area contributed by atoms with E-state index >= 15 is 0 Å². The summed E-state index contributed by atoms with van der Waals surface area (Å²) in [6.45, 7) is 0. The molecule has 1 heterocycles. The average Bonchev–Trinajstić information content (AvgIpc) is 2.71. The van der Waals surface area contributed by atoms with E-state index in [9.17, 15) is 8.78 Å². The normalized spacial score (nSPS) is 11.1. The van der Waals surface area contributed by atoms with E-state index in [1.165, 1.54) is 18.2 Å². The summed E-state index contributed by atoms with van der Waals surface area (Å²) in [5, 5.41) is 0.898. The molecule has 0 fully saturated rings. The van der Waals surface area contributed by atoms with E-state index in [0.717, 1.165) is 15.4 Å². The van der Waals surface area contributed by atoms with Gasteiger partial charge >= 0.3 is 0 Å². The molecule has 0 bridgehead atoms. The number of hydrogen-bond acceptors (Lipinski definition) is 0. The zero-order valence-corrected chi connectivity index (χ0v) is 10.8. The molecule has 0 aliphatic carbocycles. The summed E-state index contributed by atoms with van der Waals surface area (Å²) in [5.41, 5.74) is 1.45. The molecule has 0 aliphatic rings. The van der Waals surface area contributed by atoms with Crippen molar-refractivity contribution in [3.05, 3.63) is 58.7 Å². The monoisotopic (exact) mass is 307 g/mol. The van der Waals surface area contributed by atoms with Crippen LogP contribution < -0.4 is 0 Å². The number of nitrogens with one attached hydrogen (secondary N) is 1. The van der Waals surface area contributed by atoms with Gasteiger partial charge in [0.15, 0.2) is 0 Å². The molecule has 0 saturated carbocycles. The molecule has 1 N–H and O–H groups in total. The van der Waals surface area contributed by atoms with Gasteiger partial charge in [-0.25, -0.2) is 8.78 Å². The van der Waals surface area contributed by atoms with Crippen LogP contribution in [0.3, 0.4) is 0 Å². The number of halogens is 3. The maximum absolute atomic E-state index is 13.7. The zero-order chi connectivity index (χ0) is 12.7. The smallest absolute Gasteiger partial charge is 0.133 e. The van der Waals surface area contributed by atoms with Crippen LogP contribution in [0.4, 0.5) is 8.78 Å². The van der Waals surface area contributed by atoms with Gasteiger partial charge in [0.2, 0.25) is 0 Å². The Morgan fingerprint density at radius 3 is 2.44 bits per heavy atom. The van der Waals surface area contributed by atoms with Gasteiger partial charge in [-0.1, -0.05) is 12.1 Å². The predicted octanol–water partition coefficient (Wildman–Crippen LogP) is 4.88. The van der Waals surface area contributed by atoms with Gasteiger partial charge in [-0.15, -0.1) is 0 Å². The van der Waals surface area contributed by atoms with E-state index in [-0.39, 0.29) is 5.56 Å². The highest BCUT2D eigenvalue weighted by atomic mass is 79.9. The summed E-state index contributed by atoms with van der Waals surface area (Å²) in [6.07, 6.45) is 1.80. The second-order valence-corrected chi connectivity index (χ2v) is 4.85. The number of aromatic nitrogens is 1. The van der Waals surface area contributed by atoms with Gasteiger partial charge in [0.05, 0.1) is 5.56 Å². The van der Waals surface area contributed by atoms with Crippen LogP contribution >= 0.6 is 15.9 Å². The van der Waals surface area contributed by atoms with Crippen molar-refractivity contribution in [2.45, 2.75) is 0 Å². The molecular formula is C14H8BrF2N. The summed E-state index contributed by atoms with van der Waals surface area (Å²) in [7, 11) is 0. The minimum atomic E-state index is -0.555. The third kappa shape index (κ3) is 1.73. The van der Waals surface area contributed by atoms with E-state index in [1.807, 2.05) is 0 Å². The molecule has 90 valence electrons. The maximum atomic E-state index is 13.7. The van der Waals surface area contributed by atoms with E-state index in [0.29, 0.717) is 5.56 Å². The highest BCUT2D eigenvalue weighted by molar-refractivity contribution is 9.10. The van der Waals surface area contributed by atoms with E-state index in [1.54, 1.807) is 24.4 Å². The fraction of sp³-hybridized carbons (Fsp3) is 0. The third-order valence-corrected chi connectivity index (χ3v) is 3.54. The minimum Gasteiger partial charge on any atom is -0.360 e. The standard InChI is InChI=1S/C14H8BrF2N/c15-10-7-18-13-5-4-8(6-9(10)13)14-11(16)2-1-3-12(14)17/h1-7,18H. The quantitative estimate of drug-likeness (QED) is 0.660. The van der Waals surface area contributed by atoms with E-state index in [4.69, 9.17) is 0 Å². The molecule has 1 aromatic heterocycles. The van der Waals surface area contributed by atoms with Gasteiger partial charge in [0.25, 0.3) is 0 Å². The summed E-state index contributed by atoms with van der Waals surface area (Å²) in [4.78, 5) is 3.06. The number of aromatic amines is 1. The molecule has 4 heteroatoms. The molecule has 2 aromatic carbocycles. The number of hydrogen-bond donors (Lipinski definition) is 1. The van der Waals surface area contributed by atoms with Gasteiger partial charge < -0.3 is 4.98 Å². The van der Waals surface area contributed by atoms with Gasteiger partial charge in [0, 0.05) is 21.6 Å². The lowest BCUT2D eigenvalue weighted by Crippen LogP contribution is -1.89. The minimum absolute atomic E-state index is 0.00694. The lowest BCUT2D eigenvalue weighted by Gasteiger charge is -2.05. The van der Waals surface area contributed by atoms with Crippen molar-refractivity contribution in [3.63, 3.8) is 0 Å².